The van der Waals surface area contributed by atoms with Gasteiger partial charge in [0, 0.05) is 10.5 Å². The van der Waals surface area contributed by atoms with Gasteiger partial charge in [-0.25, -0.2) is 0 Å². The summed E-state index contributed by atoms with van der Waals surface area (Å²) in [5.74, 6) is 0.920. The number of methoxy groups -OCH3 is 1. The van der Waals surface area contributed by atoms with Gasteiger partial charge in [0.05, 0.1) is 7.11 Å². The molecule has 2 rings (SSSR count). The molecule has 0 fully saturated rings. The number of hydrogen-bond acceptors (Lipinski definition) is 2. The Morgan fingerprint density at radius 1 is 1.16 bits per heavy atom. The van der Waals surface area contributed by atoms with E-state index in [1.54, 1.807) is 7.11 Å². The maximum atomic E-state index is 6.22. The first kappa shape index (κ1) is 14.1. The van der Waals surface area contributed by atoms with Crippen molar-refractivity contribution in [2.45, 2.75) is 18.9 Å². The summed E-state index contributed by atoms with van der Waals surface area (Å²) >= 11 is 3.49. The summed E-state index contributed by atoms with van der Waals surface area (Å²) in [6, 6.07) is 16.3. The van der Waals surface area contributed by atoms with E-state index in [0.29, 0.717) is 0 Å². The van der Waals surface area contributed by atoms with E-state index < -0.39 is 0 Å². The SMILES string of the molecule is COc1ccc(Br)cc1CCC(N)c1ccccc1. The molecule has 3 heteroatoms. The van der Waals surface area contributed by atoms with Gasteiger partial charge < -0.3 is 10.5 Å². The van der Waals surface area contributed by atoms with E-state index in [4.69, 9.17) is 10.5 Å². The molecule has 1 atom stereocenters. The molecule has 2 nitrogen and oxygen atoms in total. The van der Waals surface area contributed by atoms with Crippen molar-refractivity contribution in [2.75, 3.05) is 7.11 Å². The summed E-state index contributed by atoms with van der Waals surface area (Å²) in [7, 11) is 1.70. The summed E-state index contributed by atoms with van der Waals surface area (Å²) < 4.78 is 6.44. The molecule has 0 aliphatic heterocycles. The Morgan fingerprint density at radius 3 is 2.58 bits per heavy atom. The molecular weight excluding hydrogens is 302 g/mol. The lowest BCUT2D eigenvalue weighted by Crippen LogP contribution is -2.11. The third-order valence-corrected chi connectivity index (χ3v) is 3.69. The lowest BCUT2D eigenvalue weighted by atomic mass is 9.99. The molecule has 0 amide bonds. The molecule has 0 bridgehead atoms. The van der Waals surface area contributed by atoms with Gasteiger partial charge in [-0.3, -0.25) is 0 Å². The first-order valence-corrected chi connectivity index (χ1v) is 7.13. The molecule has 0 saturated heterocycles. The van der Waals surface area contributed by atoms with E-state index in [-0.39, 0.29) is 6.04 Å². The van der Waals surface area contributed by atoms with Gasteiger partial charge in [-0.2, -0.15) is 0 Å². The van der Waals surface area contributed by atoms with E-state index in [9.17, 15) is 0 Å². The quantitative estimate of drug-likeness (QED) is 0.900. The first-order valence-electron chi connectivity index (χ1n) is 6.33. The molecule has 19 heavy (non-hydrogen) atoms. The molecule has 2 N–H and O–H groups in total. The van der Waals surface area contributed by atoms with Crippen molar-refractivity contribution in [3.63, 3.8) is 0 Å². The molecule has 0 radical (unpaired) electrons. The molecule has 0 spiro atoms. The Morgan fingerprint density at radius 2 is 1.89 bits per heavy atom. The zero-order chi connectivity index (χ0) is 13.7. The maximum Gasteiger partial charge on any atom is 0.122 e. The van der Waals surface area contributed by atoms with Crippen LogP contribution in [0.4, 0.5) is 0 Å². The normalized spacial score (nSPS) is 12.2. The van der Waals surface area contributed by atoms with Crippen LogP contribution in [0.2, 0.25) is 0 Å². The molecule has 0 aromatic heterocycles. The van der Waals surface area contributed by atoms with Crippen molar-refractivity contribution in [3.8, 4) is 5.75 Å². The second-order valence-electron chi connectivity index (χ2n) is 4.51. The third kappa shape index (κ3) is 3.82. The molecule has 0 aliphatic carbocycles. The van der Waals surface area contributed by atoms with E-state index in [2.05, 4.69) is 34.1 Å². The van der Waals surface area contributed by atoms with E-state index in [1.807, 2.05) is 30.3 Å². The summed E-state index contributed by atoms with van der Waals surface area (Å²) in [6.45, 7) is 0. The Hall–Kier alpha value is -1.32. The van der Waals surface area contributed by atoms with Gasteiger partial charge >= 0.3 is 0 Å². The molecule has 1 unspecified atom stereocenters. The Bertz CT molecular complexity index is 528. The predicted molar refractivity (Wildman–Crippen MR) is 82.4 cm³/mol. The van der Waals surface area contributed by atoms with Gasteiger partial charge in [0.25, 0.3) is 0 Å². The monoisotopic (exact) mass is 319 g/mol. The summed E-state index contributed by atoms with van der Waals surface area (Å²) in [5, 5.41) is 0. The maximum absolute atomic E-state index is 6.22. The molecule has 0 aliphatic rings. The van der Waals surface area contributed by atoms with Crippen molar-refractivity contribution in [3.05, 3.63) is 64.1 Å². The third-order valence-electron chi connectivity index (χ3n) is 3.19. The van der Waals surface area contributed by atoms with Gasteiger partial charge in [0.15, 0.2) is 0 Å². The van der Waals surface area contributed by atoms with Crippen LogP contribution in [0.5, 0.6) is 5.75 Å². The van der Waals surface area contributed by atoms with Crippen LogP contribution in [0.15, 0.2) is 53.0 Å². The number of nitrogens with two attached hydrogens (primary N) is 1. The van der Waals surface area contributed by atoms with Crippen LogP contribution in [-0.4, -0.2) is 7.11 Å². The van der Waals surface area contributed by atoms with E-state index >= 15 is 0 Å². The first-order chi connectivity index (χ1) is 9.20. The fourth-order valence-corrected chi connectivity index (χ4v) is 2.53. The van der Waals surface area contributed by atoms with Crippen molar-refractivity contribution < 1.29 is 4.74 Å². The van der Waals surface area contributed by atoms with Crippen LogP contribution < -0.4 is 10.5 Å². The number of hydrogen-bond donors (Lipinski definition) is 1. The number of rotatable bonds is 5. The summed E-state index contributed by atoms with van der Waals surface area (Å²) in [6.07, 6.45) is 1.80. The Balaban J connectivity index is 2.04. The molecule has 100 valence electrons. The average Bonchev–Trinajstić information content (AvgIpc) is 2.46. The van der Waals surface area contributed by atoms with Gasteiger partial charge in [-0.15, -0.1) is 0 Å². The highest BCUT2D eigenvalue weighted by molar-refractivity contribution is 9.10. The highest BCUT2D eigenvalue weighted by Gasteiger charge is 2.09. The second kappa shape index (κ2) is 6.73. The fraction of sp³-hybridized carbons (Fsp3) is 0.250. The minimum atomic E-state index is 0.0601. The number of aryl methyl sites for hydroxylation is 1. The van der Waals surface area contributed by atoms with Crippen LogP contribution >= 0.6 is 15.9 Å². The fourth-order valence-electron chi connectivity index (χ4n) is 2.12. The predicted octanol–water partition coefficient (Wildman–Crippen LogP) is 4.09. The second-order valence-corrected chi connectivity index (χ2v) is 5.43. The van der Waals surface area contributed by atoms with Crippen molar-refractivity contribution in [1.29, 1.82) is 0 Å². The highest BCUT2D eigenvalue weighted by Crippen LogP contribution is 2.26. The van der Waals surface area contributed by atoms with Crippen molar-refractivity contribution in [2.24, 2.45) is 5.73 Å². The lowest BCUT2D eigenvalue weighted by Gasteiger charge is -2.14. The van der Waals surface area contributed by atoms with E-state index in [1.165, 1.54) is 11.1 Å². The van der Waals surface area contributed by atoms with Gasteiger partial charge in [-0.1, -0.05) is 46.3 Å². The van der Waals surface area contributed by atoms with Crippen LogP contribution in [-0.2, 0) is 6.42 Å². The summed E-state index contributed by atoms with van der Waals surface area (Å²) in [5.41, 5.74) is 8.58. The van der Waals surface area contributed by atoms with Crippen LogP contribution in [0.3, 0.4) is 0 Å². The van der Waals surface area contributed by atoms with Crippen molar-refractivity contribution >= 4 is 15.9 Å². The summed E-state index contributed by atoms with van der Waals surface area (Å²) in [4.78, 5) is 0. The largest absolute Gasteiger partial charge is 0.496 e. The van der Waals surface area contributed by atoms with Crippen LogP contribution in [0, 0.1) is 0 Å². The minimum absolute atomic E-state index is 0.0601. The van der Waals surface area contributed by atoms with Gasteiger partial charge in [0.2, 0.25) is 0 Å². The molecular formula is C16H18BrNO. The highest BCUT2D eigenvalue weighted by atomic mass is 79.9. The smallest absolute Gasteiger partial charge is 0.122 e. The molecule has 0 saturated carbocycles. The van der Waals surface area contributed by atoms with Crippen LogP contribution in [0.25, 0.3) is 0 Å². The number of benzene rings is 2. The number of halogens is 1. The Labute approximate surface area is 122 Å². The zero-order valence-corrected chi connectivity index (χ0v) is 12.6. The Kier molecular flexibility index (Phi) is 5.00. The number of ether oxygens (including phenoxy) is 1. The van der Waals surface area contributed by atoms with Crippen molar-refractivity contribution in [1.82, 2.24) is 0 Å². The molecule has 2 aromatic carbocycles. The van der Waals surface area contributed by atoms with Gasteiger partial charge in [0.1, 0.15) is 5.75 Å². The van der Waals surface area contributed by atoms with Crippen LogP contribution in [0.1, 0.15) is 23.6 Å². The molecule has 0 heterocycles. The zero-order valence-electron chi connectivity index (χ0n) is 11.0. The lowest BCUT2D eigenvalue weighted by molar-refractivity contribution is 0.408. The standard InChI is InChI=1S/C16H18BrNO/c1-19-16-10-8-14(17)11-13(16)7-9-15(18)12-5-3-2-4-6-12/h2-6,8,10-11,15H,7,9,18H2,1H3. The van der Waals surface area contributed by atoms with Gasteiger partial charge in [-0.05, 0) is 42.2 Å². The minimum Gasteiger partial charge on any atom is -0.496 e. The van der Waals surface area contributed by atoms with E-state index in [0.717, 1.165) is 23.1 Å². The average molecular weight is 320 g/mol. The molecule has 2 aromatic rings. The topological polar surface area (TPSA) is 35.2 Å².